The Labute approximate surface area is 216 Å². The summed E-state index contributed by atoms with van der Waals surface area (Å²) < 4.78 is 11.2. The lowest BCUT2D eigenvalue weighted by Gasteiger charge is -2.34. The predicted molar refractivity (Wildman–Crippen MR) is 142 cm³/mol. The molecule has 5 rings (SSSR count). The zero-order valence-corrected chi connectivity index (χ0v) is 21.5. The first-order chi connectivity index (χ1) is 17.8. The second-order valence-electron chi connectivity index (χ2n) is 9.65. The van der Waals surface area contributed by atoms with Gasteiger partial charge in [0.15, 0.2) is 0 Å². The van der Waals surface area contributed by atoms with Gasteiger partial charge in [-0.05, 0) is 74.5 Å². The molecule has 8 nitrogen and oxygen atoms in total. The molecule has 1 atom stereocenters. The number of furan rings is 1. The van der Waals surface area contributed by atoms with Crippen molar-refractivity contribution >= 4 is 28.8 Å². The fraction of sp³-hybridized carbons (Fsp3) is 0.310. The number of Topliss-reactive ketones (excluding diaryl/α,β-unsaturated/α-hetero) is 1. The van der Waals surface area contributed by atoms with Gasteiger partial charge in [-0.25, -0.2) is 0 Å². The minimum absolute atomic E-state index is 0.0357. The molecule has 2 aliphatic heterocycles. The second-order valence-corrected chi connectivity index (χ2v) is 9.65. The average Bonchev–Trinajstić information content (AvgIpc) is 3.51. The number of ether oxygens (including phenoxy) is 1. The summed E-state index contributed by atoms with van der Waals surface area (Å²) in [5.41, 5.74) is 3.64. The number of benzene rings is 2. The molecule has 0 spiro atoms. The zero-order chi connectivity index (χ0) is 26.3. The summed E-state index contributed by atoms with van der Waals surface area (Å²) in [6, 6.07) is 13.8. The predicted octanol–water partition coefficient (Wildman–Crippen LogP) is 4.28. The molecule has 0 bridgehead atoms. The minimum atomic E-state index is -0.921. The second kappa shape index (κ2) is 9.78. The lowest BCUT2D eigenvalue weighted by Crippen LogP contribution is -2.44. The van der Waals surface area contributed by atoms with Crippen LogP contribution in [0.5, 0.6) is 5.75 Å². The van der Waals surface area contributed by atoms with Crippen molar-refractivity contribution in [2.75, 3.05) is 50.1 Å². The Balaban J connectivity index is 1.59. The van der Waals surface area contributed by atoms with E-state index < -0.39 is 17.7 Å². The molecule has 3 aromatic rings. The number of rotatable bonds is 5. The van der Waals surface area contributed by atoms with Crippen molar-refractivity contribution in [3.63, 3.8) is 0 Å². The number of methoxy groups -OCH3 is 1. The number of aryl methyl sites for hydroxylation is 2. The molecule has 0 saturated carbocycles. The van der Waals surface area contributed by atoms with Crippen molar-refractivity contribution in [1.82, 2.24) is 4.90 Å². The fourth-order valence-corrected chi connectivity index (χ4v) is 5.25. The molecular weight excluding hydrogens is 470 g/mol. The highest BCUT2D eigenvalue weighted by molar-refractivity contribution is 6.51. The van der Waals surface area contributed by atoms with Gasteiger partial charge < -0.3 is 24.1 Å². The van der Waals surface area contributed by atoms with E-state index in [2.05, 4.69) is 16.8 Å². The molecule has 2 fully saturated rings. The SMILES string of the molecule is COc1c(C)cc(C)cc1/C(O)=C1/C(=O)C(=O)N(c2ccc(N3CCN(C)CC3)cc2)C1c1ccco1. The molecule has 192 valence electrons. The summed E-state index contributed by atoms with van der Waals surface area (Å²) >= 11 is 0. The number of hydrogen-bond donors (Lipinski definition) is 1. The van der Waals surface area contributed by atoms with E-state index >= 15 is 0 Å². The van der Waals surface area contributed by atoms with E-state index in [-0.39, 0.29) is 11.3 Å². The summed E-state index contributed by atoms with van der Waals surface area (Å²) in [7, 11) is 3.62. The number of piperazine rings is 1. The van der Waals surface area contributed by atoms with Gasteiger partial charge in [0.1, 0.15) is 23.3 Å². The molecule has 1 unspecified atom stereocenters. The Morgan fingerprint density at radius 1 is 1.00 bits per heavy atom. The molecule has 8 heteroatoms. The summed E-state index contributed by atoms with van der Waals surface area (Å²) in [6.07, 6.45) is 1.49. The van der Waals surface area contributed by atoms with E-state index in [0.717, 1.165) is 43.0 Å². The molecule has 2 aromatic carbocycles. The van der Waals surface area contributed by atoms with Crippen LogP contribution in [0.1, 0.15) is 28.5 Å². The normalized spacial score (nSPS) is 20.1. The minimum Gasteiger partial charge on any atom is -0.507 e. The molecule has 1 amide bonds. The number of carbonyl (C=O) groups is 2. The number of nitrogens with zero attached hydrogens (tertiary/aromatic N) is 3. The first-order valence-electron chi connectivity index (χ1n) is 12.3. The van der Waals surface area contributed by atoms with Gasteiger partial charge in [0.2, 0.25) is 0 Å². The number of aliphatic hydroxyl groups excluding tert-OH is 1. The Bertz CT molecular complexity index is 1350. The van der Waals surface area contributed by atoms with E-state index in [9.17, 15) is 14.7 Å². The van der Waals surface area contributed by atoms with E-state index in [1.165, 1.54) is 18.3 Å². The molecule has 2 aliphatic rings. The number of aliphatic hydroxyl groups is 1. The Hall–Kier alpha value is -4.04. The number of ketones is 1. The highest BCUT2D eigenvalue weighted by atomic mass is 16.5. The number of hydrogen-bond acceptors (Lipinski definition) is 7. The first kappa shape index (κ1) is 24.6. The maximum Gasteiger partial charge on any atom is 0.300 e. The van der Waals surface area contributed by atoms with Gasteiger partial charge in [-0.15, -0.1) is 0 Å². The maximum atomic E-state index is 13.4. The molecule has 37 heavy (non-hydrogen) atoms. The molecule has 0 aliphatic carbocycles. The standard InChI is InChI=1S/C29H31N3O5/c1-18-16-19(2)28(36-4)22(17-18)26(33)24-25(23-6-5-15-37-23)32(29(35)27(24)34)21-9-7-20(8-10-21)31-13-11-30(3)12-14-31/h5-10,15-17,25,33H,11-14H2,1-4H3/b26-24-. The van der Waals surface area contributed by atoms with Gasteiger partial charge in [0, 0.05) is 37.6 Å². The van der Waals surface area contributed by atoms with Crippen molar-refractivity contribution in [2.24, 2.45) is 0 Å². The number of anilines is 2. The van der Waals surface area contributed by atoms with Crippen LogP contribution in [0, 0.1) is 13.8 Å². The van der Waals surface area contributed by atoms with Crippen LogP contribution in [-0.2, 0) is 9.59 Å². The van der Waals surface area contributed by atoms with Gasteiger partial charge in [-0.1, -0.05) is 6.07 Å². The van der Waals surface area contributed by atoms with E-state index in [1.807, 2.05) is 44.2 Å². The van der Waals surface area contributed by atoms with Gasteiger partial charge in [0.05, 0.1) is 24.5 Å². The topological polar surface area (TPSA) is 86.5 Å². The highest BCUT2D eigenvalue weighted by Crippen LogP contribution is 2.44. The molecule has 1 N–H and O–H groups in total. The van der Waals surface area contributed by atoms with Crippen molar-refractivity contribution in [2.45, 2.75) is 19.9 Å². The Morgan fingerprint density at radius 3 is 2.30 bits per heavy atom. The monoisotopic (exact) mass is 501 g/mol. The van der Waals surface area contributed by atoms with Gasteiger partial charge in [-0.3, -0.25) is 14.5 Å². The molecule has 2 saturated heterocycles. The van der Waals surface area contributed by atoms with E-state index in [4.69, 9.17) is 9.15 Å². The van der Waals surface area contributed by atoms with Crippen LogP contribution in [0.2, 0.25) is 0 Å². The third-order valence-electron chi connectivity index (χ3n) is 7.13. The van der Waals surface area contributed by atoms with E-state index in [0.29, 0.717) is 22.8 Å². The summed E-state index contributed by atoms with van der Waals surface area (Å²) in [4.78, 5) is 32.8. The van der Waals surface area contributed by atoms with Crippen LogP contribution < -0.4 is 14.5 Å². The highest BCUT2D eigenvalue weighted by Gasteiger charge is 2.48. The number of likely N-dealkylation sites (N-methyl/N-ethyl adjacent to an activating group) is 1. The van der Waals surface area contributed by atoms with Crippen LogP contribution in [0.15, 0.2) is 64.8 Å². The Kier molecular flexibility index (Phi) is 6.52. The first-order valence-corrected chi connectivity index (χ1v) is 12.3. The number of amides is 1. The maximum absolute atomic E-state index is 13.4. The summed E-state index contributed by atoms with van der Waals surface area (Å²) in [5, 5.41) is 11.5. The van der Waals surface area contributed by atoms with Crippen molar-refractivity contribution in [1.29, 1.82) is 0 Å². The van der Waals surface area contributed by atoms with Gasteiger partial charge >= 0.3 is 0 Å². The number of carbonyl (C=O) groups excluding carboxylic acids is 2. The van der Waals surface area contributed by atoms with Crippen LogP contribution >= 0.6 is 0 Å². The third-order valence-corrected chi connectivity index (χ3v) is 7.13. The summed E-state index contributed by atoms with van der Waals surface area (Å²) in [5.74, 6) is -0.960. The Morgan fingerprint density at radius 2 is 1.68 bits per heavy atom. The molecule has 1 aromatic heterocycles. The van der Waals surface area contributed by atoms with Crippen LogP contribution in [0.3, 0.4) is 0 Å². The van der Waals surface area contributed by atoms with Crippen LogP contribution in [-0.4, -0.2) is 62.0 Å². The lowest BCUT2D eigenvalue weighted by atomic mass is 9.96. The molecule has 3 heterocycles. The average molecular weight is 502 g/mol. The van der Waals surface area contributed by atoms with Crippen molar-refractivity contribution in [3.05, 3.63) is 82.8 Å². The van der Waals surface area contributed by atoms with Crippen LogP contribution in [0.25, 0.3) is 5.76 Å². The molecule has 0 radical (unpaired) electrons. The van der Waals surface area contributed by atoms with Gasteiger partial charge in [0.25, 0.3) is 11.7 Å². The van der Waals surface area contributed by atoms with Crippen LogP contribution in [0.4, 0.5) is 11.4 Å². The quantitative estimate of drug-likeness (QED) is 0.317. The van der Waals surface area contributed by atoms with Crippen molar-refractivity contribution < 1.29 is 23.8 Å². The smallest absolute Gasteiger partial charge is 0.300 e. The largest absolute Gasteiger partial charge is 0.507 e. The summed E-state index contributed by atoms with van der Waals surface area (Å²) in [6.45, 7) is 7.57. The van der Waals surface area contributed by atoms with E-state index in [1.54, 1.807) is 18.2 Å². The lowest BCUT2D eigenvalue weighted by molar-refractivity contribution is -0.132. The molecular formula is C29H31N3O5. The van der Waals surface area contributed by atoms with Gasteiger partial charge in [-0.2, -0.15) is 0 Å². The fourth-order valence-electron chi connectivity index (χ4n) is 5.25. The zero-order valence-electron chi connectivity index (χ0n) is 21.5. The van der Waals surface area contributed by atoms with Crippen molar-refractivity contribution in [3.8, 4) is 5.75 Å². The third kappa shape index (κ3) is 4.38.